The molecule has 4 heteroatoms. The number of aryl methyl sites for hydroxylation is 2. The summed E-state index contributed by atoms with van der Waals surface area (Å²) < 4.78 is 5.73. The molecule has 1 amide bonds. The van der Waals surface area contributed by atoms with Gasteiger partial charge in [0.25, 0.3) is 5.91 Å². The van der Waals surface area contributed by atoms with E-state index >= 15 is 0 Å². The Balaban J connectivity index is 1.46. The van der Waals surface area contributed by atoms with E-state index in [0.29, 0.717) is 12.3 Å². The number of anilines is 1. The third-order valence-corrected chi connectivity index (χ3v) is 4.84. The van der Waals surface area contributed by atoms with E-state index in [2.05, 4.69) is 36.3 Å². The van der Waals surface area contributed by atoms with Gasteiger partial charge in [0.1, 0.15) is 5.69 Å². The normalized spacial score (nSPS) is 13.9. The fourth-order valence-electron chi connectivity index (χ4n) is 3.29. The van der Waals surface area contributed by atoms with Crippen LogP contribution in [-0.2, 0) is 11.3 Å². The lowest BCUT2D eigenvalue weighted by Crippen LogP contribution is -2.12. The van der Waals surface area contributed by atoms with Crippen LogP contribution in [0.3, 0.4) is 0 Å². The van der Waals surface area contributed by atoms with Gasteiger partial charge >= 0.3 is 0 Å². The van der Waals surface area contributed by atoms with Gasteiger partial charge in [0, 0.05) is 23.2 Å². The molecule has 0 bridgehead atoms. The molecule has 1 aliphatic rings. The molecule has 1 aromatic heterocycles. The number of benzene rings is 2. The molecular formula is C22H24N2O2. The summed E-state index contributed by atoms with van der Waals surface area (Å²) in [6.07, 6.45) is 2.58. The number of aromatic nitrogens is 1. The average molecular weight is 348 g/mol. The summed E-state index contributed by atoms with van der Waals surface area (Å²) >= 11 is 0. The van der Waals surface area contributed by atoms with Crippen LogP contribution < -0.4 is 5.32 Å². The summed E-state index contributed by atoms with van der Waals surface area (Å²) in [4.78, 5) is 15.9. The van der Waals surface area contributed by atoms with E-state index in [0.717, 1.165) is 34.7 Å². The van der Waals surface area contributed by atoms with Gasteiger partial charge in [-0.1, -0.05) is 18.2 Å². The van der Waals surface area contributed by atoms with Gasteiger partial charge < -0.3 is 15.0 Å². The number of ether oxygens (including phenoxy) is 1. The van der Waals surface area contributed by atoms with Crippen molar-refractivity contribution in [3.63, 3.8) is 0 Å². The highest BCUT2D eigenvalue weighted by molar-refractivity contribution is 6.06. The van der Waals surface area contributed by atoms with Crippen molar-refractivity contribution in [3.8, 4) is 0 Å². The van der Waals surface area contributed by atoms with Gasteiger partial charge in [-0.15, -0.1) is 0 Å². The topological polar surface area (TPSA) is 54.1 Å². The average Bonchev–Trinajstić information content (AvgIpc) is 3.31. The first-order valence-electron chi connectivity index (χ1n) is 9.16. The van der Waals surface area contributed by atoms with Crippen molar-refractivity contribution < 1.29 is 9.53 Å². The van der Waals surface area contributed by atoms with Crippen LogP contribution in [0.4, 0.5) is 5.69 Å². The molecule has 0 atom stereocenters. The Morgan fingerprint density at radius 1 is 1.19 bits per heavy atom. The van der Waals surface area contributed by atoms with Gasteiger partial charge in [0.05, 0.1) is 6.61 Å². The maximum atomic E-state index is 12.6. The van der Waals surface area contributed by atoms with Crippen LogP contribution in [0.1, 0.15) is 40.0 Å². The Hall–Kier alpha value is -2.59. The smallest absolute Gasteiger partial charge is 0.272 e. The van der Waals surface area contributed by atoms with Crippen molar-refractivity contribution in [3.05, 3.63) is 64.8 Å². The third-order valence-electron chi connectivity index (χ3n) is 4.84. The highest BCUT2D eigenvalue weighted by Gasteiger charge is 2.21. The standard InChI is InChI=1S/C22H24N2O2/c1-14-8-15(2)19-11-21(24-20(19)9-14)22(25)23-18-5-3-4-17(10-18)13-26-12-16-6-7-16/h3-5,8-11,16,24H,6-7,12-13H2,1-2H3,(H,23,25). The summed E-state index contributed by atoms with van der Waals surface area (Å²) in [7, 11) is 0. The Kier molecular flexibility index (Phi) is 4.51. The molecule has 0 radical (unpaired) electrons. The van der Waals surface area contributed by atoms with Gasteiger partial charge in [-0.25, -0.2) is 0 Å². The van der Waals surface area contributed by atoms with Crippen LogP contribution in [0.15, 0.2) is 42.5 Å². The highest BCUT2D eigenvalue weighted by Crippen LogP contribution is 2.29. The molecule has 3 aromatic rings. The molecule has 4 rings (SSSR count). The predicted molar refractivity (Wildman–Crippen MR) is 105 cm³/mol. The van der Waals surface area contributed by atoms with Crippen LogP contribution in [0.2, 0.25) is 0 Å². The zero-order valence-electron chi connectivity index (χ0n) is 15.3. The lowest BCUT2D eigenvalue weighted by Gasteiger charge is -2.07. The van der Waals surface area contributed by atoms with E-state index in [1.165, 1.54) is 24.0 Å². The maximum Gasteiger partial charge on any atom is 0.272 e. The Labute approximate surface area is 153 Å². The summed E-state index contributed by atoms with van der Waals surface area (Å²) in [6.45, 7) is 5.55. The molecule has 2 aromatic carbocycles. The number of carbonyl (C=O) groups is 1. The number of rotatable bonds is 6. The van der Waals surface area contributed by atoms with Crippen molar-refractivity contribution >= 4 is 22.5 Å². The number of aromatic amines is 1. The van der Waals surface area contributed by atoms with E-state index in [1.807, 2.05) is 30.3 Å². The first-order valence-corrected chi connectivity index (χ1v) is 9.16. The molecule has 0 saturated heterocycles. The molecule has 1 fully saturated rings. The molecule has 134 valence electrons. The zero-order chi connectivity index (χ0) is 18.1. The SMILES string of the molecule is Cc1cc(C)c2cc(C(=O)Nc3cccc(COCC4CC4)c3)[nH]c2c1. The maximum absolute atomic E-state index is 12.6. The van der Waals surface area contributed by atoms with E-state index < -0.39 is 0 Å². The summed E-state index contributed by atoms with van der Waals surface area (Å²) in [5.41, 5.74) is 5.78. The van der Waals surface area contributed by atoms with Crippen molar-refractivity contribution in [2.75, 3.05) is 11.9 Å². The van der Waals surface area contributed by atoms with E-state index in [-0.39, 0.29) is 5.91 Å². The number of carbonyl (C=O) groups excluding carboxylic acids is 1. The highest BCUT2D eigenvalue weighted by atomic mass is 16.5. The van der Waals surface area contributed by atoms with Crippen LogP contribution in [0.25, 0.3) is 10.9 Å². The second kappa shape index (κ2) is 6.96. The molecule has 1 heterocycles. The second-order valence-electron chi connectivity index (χ2n) is 7.34. The number of amides is 1. The number of hydrogen-bond donors (Lipinski definition) is 2. The van der Waals surface area contributed by atoms with E-state index in [1.54, 1.807) is 0 Å². The number of nitrogens with one attached hydrogen (secondary N) is 2. The Bertz CT molecular complexity index is 954. The minimum atomic E-state index is -0.130. The van der Waals surface area contributed by atoms with E-state index in [9.17, 15) is 4.79 Å². The summed E-state index contributed by atoms with van der Waals surface area (Å²) in [5, 5.41) is 4.07. The summed E-state index contributed by atoms with van der Waals surface area (Å²) in [5.74, 6) is 0.626. The van der Waals surface area contributed by atoms with Crippen LogP contribution in [0, 0.1) is 19.8 Å². The molecule has 0 aliphatic heterocycles. The lowest BCUT2D eigenvalue weighted by molar-refractivity contribution is 0.102. The monoisotopic (exact) mass is 348 g/mol. The molecule has 0 unspecified atom stereocenters. The zero-order valence-corrected chi connectivity index (χ0v) is 15.3. The second-order valence-corrected chi connectivity index (χ2v) is 7.34. The largest absolute Gasteiger partial charge is 0.376 e. The Morgan fingerprint density at radius 2 is 2.04 bits per heavy atom. The fraction of sp³-hybridized carbons (Fsp3) is 0.318. The number of fused-ring (bicyclic) bond motifs is 1. The molecule has 1 aliphatic carbocycles. The molecule has 2 N–H and O–H groups in total. The van der Waals surface area contributed by atoms with Crippen molar-refractivity contribution in [2.24, 2.45) is 5.92 Å². The van der Waals surface area contributed by atoms with Gasteiger partial charge in [-0.3, -0.25) is 4.79 Å². The van der Waals surface area contributed by atoms with Crippen molar-refractivity contribution in [1.29, 1.82) is 0 Å². The van der Waals surface area contributed by atoms with Crippen molar-refractivity contribution in [2.45, 2.75) is 33.3 Å². The quantitative estimate of drug-likeness (QED) is 0.661. The van der Waals surface area contributed by atoms with Crippen LogP contribution in [0.5, 0.6) is 0 Å². The molecular weight excluding hydrogens is 324 g/mol. The molecule has 1 saturated carbocycles. The van der Waals surface area contributed by atoms with Crippen molar-refractivity contribution in [1.82, 2.24) is 4.98 Å². The van der Waals surface area contributed by atoms with Gasteiger partial charge in [-0.05, 0) is 73.6 Å². The van der Waals surface area contributed by atoms with Crippen LogP contribution >= 0.6 is 0 Å². The van der Waals surface area contributed by atoms with E-state index in [4.69, 9.17) is 4.74 Å². The fourth-order valence-corrected chi connectivity index (χ4v) is 3.29. The van der Waals surface area contributed by atoms with Gasteiger partial charge in [0.15, 0.2) is 0 Å². The minimum Gasteiger partial charge on any atom is -0.376 e. The first-order chi connectivity index (χ1) is 12.6. The Morgan fingerprint density at radius 3 is 2.85 bits per heavy atom. The summed E-state index contributed by atoms with van der Waals surface area (Å²) in [6, 6.07) is 14.0. The molecule has 4 nitrogen and oxygen atoms in total. The third kappa shape index (κ3) is 3.81. The first kappa shape index (κ1) is 16.9. The number of H-pyrrole nitrogens is 1. The van der Waals surface area contributed by atoms with Crippen LogP contribution in [-0.4, -0.2) is 17.5 Å². The minimum absolute atomic E-state index is 0.130. The molecule has 0 spiro atoms. The lowest BCUT2D eigenvalue weighted by atomic mass is 10.1. The molecule has 26 heavy (non-hydrogen) atoms. The van der Waals surface area contributed by atoms with Gasteiger partial charge in [-0.2, -0.15) is 0 Å². The predicted octanol–water partition coefficient (Wildman–Crippen LogP) is 4.96. The van der Waals surface area contributed by atoms with Gasteiger partial charge in [0.2, 0.25) is 0 Å². The number of hydrogen-bond acceptors (Lipinski definition) is 2.